The molecule has 3 aromatic rings. The van der Waals surface area contributed by atoms with Gasteiger partial charge in [-0.25, -0.2) is 9.67 Å². The van der Waals surface area contributed by atoms with E-state index in [9.17, 15) is 14.7 Å². The minimum atomic E-state index is -0.793. The third kappa shape index (κ3) is 3.35. The van der Waals surface area contributed by atoms with E-state index in [0.29, 0.717) is 48.1 Å². The molecule has 4 rings (SSSR count). The number of benzene rings is 1. The Bertz CT molecular complexity index is 1030. The fourth-order valence-corrected chi connectivity index (χ4v) is 3.82. The van der Waals surface area contributed by atoms with Crippen molar-refractivity contribution in [1.29, 1.82) is 0 Å². The van der Waals surface area contributed by atoms with Crippen molar-refractivity contribution in [2.75, 3.05) is 0 Å². The van der Waals surface area contributed by atoms with Crippen molar-refractivity contribution in [2.24, 2.45) is 5.92 Å². The number of aliphatic carboxylic acids is 1. The fraction of sp³-hybridized carbons (Fsp3) is 0.333. The van der Waals surface area contributed by atoms with E-state index in [1.54, 1.807) is 16.9 Å². The van der Waals surface area contributed by atoms with Crippen LogP contribution in [0.1, 0.15) is 36.5 Å². The monoisotopic (exact) mass is 378 g/mol. The number of amides is 1. The maximum atomic E-state index is 13.0. The minimum absolute atomic E-state index is 0.127. The number of pyridine rings is 1. The molecule has 1 aromatic carbocycles. The number of hydrogen-bond donors (Lipinski definition) is 2. The molecule has 28 heavy (non-hydrogen) atoms. The lowest BCUT2D eigenvalue weighted by Crippen LogP contribution is -2.33. The summed E-state index contributed by atoms with van der Waals surface area (Å²) in [6, 6.07) is 11.4. The van der Waals surface area contributed by atoms with Gasteiger partial charge in [-0.05, 0) is 32.3 Å². The normalized spacial score (nSPS) is 19.0. The van der Waals surface area contributed by atoms with Crippen molar-refractivity contribution >= 4 is 22.9 Å². The first-order chi connectivity index (χ1) is 13.6. The Labute approximate surface area is 162 Å². The zero-order chi connectivity index (χ0) is 19.7. The molecule has 0 bridgehead atoms. The van der Waals surface area contributed by atoms with Gasteiger partial charge in [0.2, 0.25) is 0 Å². The number of carboxylic acids is 1. The average Bonchev–Trinajstić information content (AvgIpc) is 3.34. The molecule has 144 valence electrons. The second-order valence-corrected chi connectivity index (χ2v) is 7.14. The molecular weight excluding hydrogens is 356 g/mol. The van der Waals surface area contributed by atoms with Crippen LogP contribution in [0.15, 0.2) is 42.6 Å². The summed E-state index contributed by atoms with van der Waals surface area (Å²) < 4.78 is 1.77. The van der Waals surface area contributed by atoms with Crippen LogP contribution in [0.5, 0.6) is 0 Å². The van der Waals surface area contributed by atoms with Crippen LogP contribution in [0.2, 0.25) is 0 Å². The van der Waals surface area contributed by atoms with Gasteiger partial charge in [0, 0.05) is 18.2 Å². The van der Waals surface area contributed by atoms with Crippen molar-refractivity contribution in [3.8, 4) is 11.3 Å². The molecular formula is C21H22N4O3. The Balaban J connectivity index is 1.70. The largest absolute Gasteiger partial charge is 0.481 e. The molecule has 2 aromatic heterocycles. The molecule has 1 aliphatic rings. The Morgan fingerprint density at radius 1 is 1.25 bits per heavy atom. The molecule has 2 atom stereocenters. The van der Waals surface area contributed by atoms with Crippen molar-refractivity contribution in [3.63, 3.8) is 0 Å². The van der Waals surface area contributed by atoms with Gasteiger partial charge in [0.1, 0.15) is 0 Å². The number of hydrogen-bond acceptors (Lipinski definition) is 4. The Morgan fingerprint density at radius 2 is 2.04 bits per heavy atom. The van der Waals surface area contributed by atoms with Gasteiger partial charge in [0.25, 0.3) is 5.91 Å². The molecule has 0 unspecified atom stereocenters. The number of nitrogens with zero attached hydrogens (tertiary/aromatic N) is 3. The van der Waals surface area contributed by atoms with Gasteiger partial charge in [-0.1, -0.05) is 30.3 Å². The highest BCUT2D eigenvalue weighted by Crippen LogP contribution is 2.28. The van der Waals surface area contributed by atoms with Crippen molar-refractivity contribution < 1.29 is 14.7 Å². The molecule has 2 heterocycles. The molecule has 7 heteroatoms. The van der Waals surface area contributed by atoms with Gasteiger partial charge < -0.3 is 10.4 Å². The zero-order valence-corrected chi connectivity index (χ0v) is 15.6. The topological polar surface area (TPSA) is 97.1 Å². The summed E-state index contributed by atoms with van der Waals surface area (Å²) >= 11 is 0. The zero-order valence-electron chi connectivity index (χ0n) is 15.6. The van der Waals surface area contributed by atoms with Crippen LogP contribution in [0.3, 0.4) is 0 Å². The van der Waals surface area contributed by atoms with Crippen molar-refractivity contribution in [1.82, 2.24) is 20.1 Å². The van der Waals surface area contributed by atoms with Gasteiger partial charge >= 0.3 is 5.97 Å². The second kappa shape index (κ2) is 7.42. The number of carbonyl (C=O) groups excluding carboxylic acids is 1. The molecule has 0 spiro atoms. The number of rotatable bonds is 5. The molecule has 1 fully saturated rings. The molecule has 1 aliphatic carbocycles. The summed E-state index contributed by atoms with van der Waals surface area (Å²) in [5, 5.41) is 17.3. The van der Waals surface area contributed by atoms with Gasteiger partial charge in [-0.3, -0.25) is 9.59 Å². The summed E-state index contributed by atoms with van der Waals surface area (Å²) in [7, 11) is 0. The Morgan fingerprint density at radius 3 is 2.71 bits per heavy atom. The first kappa shape index (κ1) is 18.2. The number of aryl methyl sites for hydroxylation is 1. The fourth-order valence-electron chi connectivity index (χ4n) is 3.82. The first-order valence-corrected chi connectivity index (χ1v) is 9.52. The molecule has 7 nitrogen and oxygen atoms in total. The number of fused-ring (bicyclic) bond motifs is 1. The highest BCUT2D eigenvalue weighted by Gasteiger charge is 2.31. The highest BCUT2D eigenvalue weighted by molar-refractivity contribution is 6.06. The summed E-state index contributed by atoms with van der Waals surface area (Å²) in [5.74, 6) is -1.39. The van der Waals surface area contributed by atoms with E-state index in [1.165, 1.54) is 0 Å². The van der Waals surface area contributed by atoms with E-state index in [1.807, 2.05) is 37.3 Å². The number of carboxylic acid groups (broad SMARTS) is 1. The third-order valence-electron chi connectivity index (χ3n) is 5.34. The van der Waals surface area contributed by atoms with Crippen molar-refractivity contribution in [3.05, 3.63) is 48.2 Å². The van der Waals surface area contributed by atoms with E-state index < -0.39 is 5.97 Å². The van der Waals surface area contributed by atoms with Crippen LogP contribution in [0, 0.1) is 5.92 Å². The van der Waals surface area contributed by atoms with Crippen LogP contribution in [-0.4, -0.2) is 37.8 Å². The number of nitrogens with one attached hydrogen (secondary N) is 1. The number of aromatic nitrogens is 3. The van der Waals surface area contributed by atoms with E-state index in [2.05, 4.69) is 10.4 Å². The Kier molecular flexibility index (Phi) is 4.81. The molecule has 1 amide bonds. The highest BCUT2D eigenvalue weighted by atomic mass is 16.4. The van der Waals surface area contributed by atoms with Gasteiger partial charge in [0.15, 0.2) is 5.65 Å². The molecule has 2 N–H and O–H groups in total. The van der Waals surface area contributed by atoms with Crippen LogP contribution in [0.4, 0.5) is 0 Å². The quantitative estimate of drug-likeness (QED) is 0.711. The Hall–Kier alpha value is -3.22. The molecule has 1 saturated carbocycles. The molecule has 0 radical (unpaired) electrons. The predicted octanol–water partition coefficient (Wildman–Crippen LogP) is 3.10. The minimum Gasteiger partial charge on any atom is -0.481 e. The summed E-state index contributed by atoms with van der Waals surface area (Å²) in [4.78, 5) is 29.0. The van der Waals surface area contributed by atoms with Crippen LogP contribution >= 0.6 is 0 Å². The summed E-state index contributed by atoms with van der Waals surface area (Å²) in [6.07, 6.45) is 3.41. The SMILES string of the molecule is CCn1ncc2c(C(=O)N[C@@H]3CC[C@H](C(=O)O)C3)cc(-c3ccccc3)nc21. The summed E-state index contributed by atoms with van der Waals surface area (Å²) in [6.45, 7) is 2.63. The molecule has 0 aliphatic heterocycles. The van der Waals surface area contributed by atoms with E-state index >= 15 is 0 Å². The maximum absolute atomic E-state index is 13.0. The second-order valence-electron chi connectivity index (χ2n) is 7.14. The van der Waals surface area contributed by atoms with Crippen molar-refractivity contribution in [2.45, 2.75) is 38.8 Å². The number of carbonyl (C=O) groups is 2. The standard InChI is InChI=1S/C21H22N4O3/c1-2-25-19-17(12-22-25)16(11-18(24-19)13-6-4-3-5-7-13)20(26)23-15-9-8-14(10-15)21(27)28/h3-7,11-12,14-15H,2,8-10H2,1H3,(H,23,26)(H,27,28)/t14-,15+/m0/s1. The predicted molar refractivity (Wildman–Crippen MR) is 105 cm³/mol. The van der Waals surface area contributed by atoms with E-state index in [0.717, 1.165) is 5.56 Å². The van der Waals surface area contributed by atoms with Gasteiger partial charge in [0.05, 0.1) is 28.8 Å². The average molecular weight is 378 g/mol. The lowest BCUT2D eigenvalue weighted by molar-refractivity contribution is -0.141. The van der Waals surface area contributed by atoms with Gasteiger partial charge in [-0.2, -0.15) is 5.10 Å². The third-order valence-corrected chi connectivity index (χ3v) is 5.34. The van der Waals surface area contributed by atoms with E-state index in [4.69, 9.17) is 4.98 Å². The van der Waals surface area contributed by atoms with Gasteiger partial charge in [-0.15, -0.1) is 0 Å². The maximum Gasteiger partial charge on any atom is 0.306 e. The smallest absolute Gasteiger partial charge is 0.306 e. The lowest BCUT2D eigenvalue weighted by atomic mass is 10.1. The van der Waals surface area contributed by atoms with Crippen LogP contribution in [0.25, 0.3) is 22.3 Å². The first-order valence-electron chi connectivity index (χ1n) is 9.52. The van der Waals surface area contributed by atoms with Crippen LogP contribution < -0.4 is 5.32 Å². The molecule has 0 saturated heterocycles. The summed E-state index contributed by atoms with van der Waals surface area (Å²) in [5.41, 5.74) is 2.82. The van der Waals surface area contributed by atoms with E-state index in [-0.39, 0.29) is 17.9 Å². The lowest BCUT2D eigenvalue weighted by Gasteiger charge is -2.14. The van der Waals surface area contributed by atoms with Crippen LogP contribution in [-0.2, 0) is 11.3 Å².